The van der Waals surface area contributed by atoms with Crippen LogP contribution in [0.5, 0.6) is 0 Å². The first-order valence-corrected chi connectivity index (χ1v) is 6.58. The van der Waals surface area contributed by atoms with E-state index in [0.717, 1.165) is 0 Å². The minimum Gasteiger partial charge on any atom is -0.448 e. The van der Waals surface area contributed by atoms with Gasteiger partial charge in [-0.3, -0.25) is 4.79 Å². The molecule has 100 valence electrons. The Balaban J connectivity index is 2.46. The average Bonchev–Trinajstić information content (AvgIpc) is 2.89. The maximum atomic E-state index is 11.7. The molecule has 1 amide bonds. The number of methoxy groups -OCH3 is 1. The van der Waals surface area contributed by atoms with E-state index in [-0.39, 0.29) is 5.91 Å². The first-order chi connectivity index (χ1) is 8.69. The lowest BCUT2D eigenvalue weighted by atomic mass is 10.2. The van der Waals surface area contributed by atoms with E-state index in [4.69, 9.17) is 9.47 Å². The molecule has 1 unspecified atom stereocenters. The third-order valence-corrected chi connectivity index (χ3v) is 3.09. The molecular formula is C12H17NO4S. The summed E-state index contributed by atoms with van der Waals surface area (Å²) >= 11 is 1.29. The highest BCUT2D eigenvalue weighted by molar-refractivity contribution is 7.11. The molecule has 1 aromatic rings. The number of carbonyl (C=O) groups is 2. The Kier molecular flexibility index (Phi) is 6.38. The van der Waals surface area contributed by atoms with Crippen LogP contribution in [0.1, 0.15) is 23.0 Å². The van der Waals surface area contributed by atoms with Crippen LogP contribution in [0.15, 0.2) is 17.5 Å². The smallest absolute Gasteiger partial charge is 0.349 e. The van der Waals surface area contributed by atoms with Gasteiger partial charge in [0.15, 0.2) is 6.10 Å². The van der Waals surface area contributed by atoms with Gasteiger partial charge < -0.3 is 14.8 Å². The van der Waals surface area contributed by atoms with Gasteiger partial charge in [-0.2, -0.15) is 0 Å². The fourth-order valence-corrected chi connectivity index (χ4v) is 1.90. The summed E-state index contributed by atoms with van der Waals surface area (Å²) in [7, 11) is 1.56. The topological polar surface area (TPSA) is 64.6 Å². The molecule has 1 atom stereocenters. The van der Waals surface area contributed by atoms with E-state index in [9.17, 15) is 9.59 Å². The van der Waals surface area contributed by atoms with Crippen molar-refractivity contribution in [2.45, 2.75) is 19.4 Å². The van der Waals surface area contributed by atoms with E-state index in [1.807, 2.05) is 0 Å². The highest BCUT2D eigenvalue weighted by Crippen LogP contribution is 2.12. The van der Waals surface area contributed by atoms with E-state index in [1.54, 1.807) is 31.5 Å². The molecule has 1 N–H and O–H groups in total. The number of rotatable bonds is 7. The lowest BCUT2D eigenvalue weighted by molar-refractivity contribution is -0.130. The van der Waals surface area contributed by atoms with E-state index in [1.165, 1.54) is 11.3 Å². The zero-order valence-corrected chi connectivity index (χ0v) is 11.3. The number of amides is 1. The third-order valence-electron chi connectivity index (χ3n) is 2.24. The monoisotopic (exact) mass is 271 g/mol. The van der Waals surface area contributed by atoms with E-state index < -0.39 is 12.1 Å². The van der Waals surface area contributed by atoms with E-state index in [0.29, 0.717) is 24.4 Å². The number of hydrogen-bond acceptors (Lipinski definition) is 5. The van der Waals surface area contributed by atoms with Crippen LogP contribution in [0.2, 0.25) is 0 Å². The summed E-state index contributed by atoms with van der Waals surface area (Å²) in [6.07, 6.45) is -0.313. The molecule has 0 aromatic carbocycles. The Morgan fingerprint density at radius 2 is 2.28 bits per heavy atom. The van der Waals surface area contributed by atoms with Crippen LogP contribution in [0.25, 0.3) is 0 Å². The first-order valence-electron chi connectivity index (χ1n) is 5.70. The summed E-state index contributed by atoms with van der Waals surface area (Å²) in [5, 5.41) is 4.44. The van der Waals surface area contributed by atoms with Gasteiger partial charge in [-0.25, -0.2) is 4.79 Å². The summed E-state index contributed by atoms with van der Waals surface area (Å²) in [5.41, 5.74) is 0. The number of carbonyl (C=O) groups excluding carboxylic acids is 2. The average molecular weight is 271 g/mol. The summed E-state index contributed by atoms with van der Waals surface area (Å²) in [6.45, 7) is 2.63. The van der Waals surface area contributed by atoms with Crippen molar-refractivity contribution in [1.82, 2.24) is 5.32 Å². The molecule has 1 heterocycles. The van der Waals surface area contributed by atoms with Gasteiger partial charge in [0, 0.05) is 13.7 Å². The van der Waals surface area contributed by atoms with Crippen molar-refractivity contribution in [2.75, 3.05) is 20.3 Å². The van der Waals surface area contributed by atoms with Gasteiger partial charge in [0.25, 0.3) is 5.91 Å². The molecule has 5 nitrogen and oxygen atoms in total. The summed E-state index contributed by atoms with van der Waals surface area (Å²) < 4.78 is 9.98. The highest BCUT2D eigenvalue weighted by Gasteiger charge is 2.21. The van der Waals surface area contributed by atoms with Crippen LogP contribution in [0, 0.1) is 0 Å². The van der Waals surface area contributed by atoms with Crippen molar-refractivity contribution in [3.8, 4) is 0 Å². The Hall–Kier alpha value is -1.40. The number of hydrogen-bond donors (Lipinski definition) is 1. The predicted octanol–water partition coefficient (Wildman–Crippen LogP) is 1.45. The lowest BCUT2D eigenvalue weighted by Gasteiger charge is -2.15. The van der Waals surface area contributed by atoms with E-state index >= 15 is 0 Å². The molecule has 0 saturated carbocycles. The van der Waals surface area contributed by atoms with Crippen LogP contribution in [-0.4, -0.2) is 38.2 Å². The predicted molar refractivity (Wildman–Crippen MR) is 68.7 cm³/mol. The van der Waals surface area contributed by atoms with Crippen LogP contribution in [0.4, 0.5) is 0 Å². The van der Waals surface area contributed by atoms with Crippen molar-refractivity contribution in [3.05, 3.63) is 22.4 Å². The Morgan fingerprint density at radius 3 is 2.83 bits per heavy atom. The second kappa shape index (κ2) is 7.84. The Bertz CT molecular complexity index is 377. The summed E-state index contributed by atoms with van der Waals surface area (Å²) in [5.74, 6) is -0.752. The molecule has 0 aliphatic carbocycles. The van der Waals surface area contributed by atoms with Gasteiger partial charge in [0.05, 0.1) is 6.61 Å². The van der Waals surface area contributed by atoms with Crippen molar-refractivity contribution < 1.29 is 19.1 Å². The number of ether oxygens (including phenoxy) is 2. The van der Waals surface area contributed by atoms with Gasteiger partial charge in [-0.15, -0.1) is 11.3 Å². The second-order valence-electron chi connectivity index (χ2n) is 3.56. The molecule has 18 heavy (non-hydrogen) atoms. The van der Waals surface area contributed by atoms with Gasteiger partial charge in [-0.1, -0.05) is 13.0 Å². The first kappa shape index (κ1) is 14.7. The van der Waals surface area contributed by atoms with Crippen molar-refractivity contribution >= 4 is 23.2 Å². The standard InChI is InChI=1S/C12H17NO4S/c1-3-9(11(14)13-6-7-16-2)17-12(15)10-5-4-8-18-10/h4-5,8-9H,3,6-7H2,1-2H3,(H,13,14). The van der Waals surface area contributed by atoms with Crippen LogP contribution in [0.3, 0.4) is 0 Å². The SMILES string of the molecule is CCC(OC(=O)c1cccs1)C(=O)NCCOC. The fraction of sp³-hybridized carbons (Fsp3) is 0.500. The van der Waals surface area contributed by atoms with Crippen LogP contribution >= 0.6 is 11.3 Å². The molecule has 0 fully saturated rings. The molecule has 1 rings (SSSR count). The van der Waals surface area contributed by atoms with Crippen molar-refractivity contribution in [1.29, 1.82) is 0 Å². The largest absolute Gasteiger partial charge is 0.448 e. The zero-order chi connectivity index (χ0) is 13.4. The maximum absolute atomic E-state index is 11.7. The minimum absolute atomic E-state index is 0.292. The molecule has 0 saturated heterocycles. The lowest BCUT2D eigenvalue weighted by Crippen LogP contribution is -2.38. The molecule has 0 aliphatic rings. The molecule has 6 heteroatoms. The highest BCUT2D eigenvalue weighted by atomic mass is 32.1. The molecular weight excluding hydrogens is 254 g/mol. The van der Waals surface area contributed by atoms with Crippen molar-refractivity contribution in [3.63, 3.8) is 0 Å². The Labute approximate surface area is 110 Å². The van der Waals surface area contributed by atoms with Crippen molar-refractivity contribution in [2.24, 2.45) is 0 Å². The van der Waals surface area contributed by atoms with E-state index in [2.05, 4.69) is 5.32 Å². The minimum atomic E-state index is -0.753. The van der Waals surface area contributed by atoms with Gasteiger partial charge in [-0.05, 0) is 17.9 Å². The zero-order valence-electron chi connectivity index (χ0n) is 10.5. The summed E-state index contributed by atoms with van der Waals surface area (Å²) in [4.78, 5) is 23.9. The van der Waals surface area contributed by atoms with Gasteiger partial charge >= 0.3 is 5.97 Å². The molecule has 0 bridgehead atoms. The van der Waals surface area contributed by atoms with Crippen LogP contribution < -0.4 is 5.32 Å². The fourth-order valence-electron chi connectivity index (χ4n) is 1.29. The maximum Gasteiger partial charge on any atom is 0.349 e. The van der Waals surface area contributed by atoms with Crippen LogP contribution in [-0.2, 0) is 14.3 Å². The Morgan fingerprint density at radius 1 is 1.50 bits per heavy atom. The normalized spacial score (nSPS) is 11.9. The molecule has 0 spiro atoms. The quantitative estimate of drug-likeness (QED) is 0.602. The van der Waals surface area contributed by atoms with Gasteiger partial charge in [0.2, 0.25) is 0 Å². The number of nitrogens with one attached hydrogen (secondary N) is 1. The molecule has 1 aromatic heterocycles. The molecule has 0 aliphatic heterocycles. The third kappa shape index (κ3) is 4.46. The summed E-state index contributed by atoms with van der Waals surface area (Å²) in [6, 6.07) is 3.43. The number of thiophene rings is 1. The second-order valence-corrected chi connectivity index (χ2v) is 4.51. The molecule has 0 radical (unpaired) electrons. The van der Waals surface area contributed by atoms with Gasteiger partial charge in [0.1, 0.15) is 4.88 Å². The number of esters is 1.